The quantitative estimate of drug-likeness (QED) is 0.361. The number of nitrogens with zero attached hydrogens (tertiary/aromatic N) is 2. The minimum absolute atomic E-state index is 0.0495. The zero-order valence-corrected chi connectivity index (χ0v) is 13.6. The third kappa shape index (κ3) is 5.47. The standard InChI is InChI=1S/C17H25F2N3/c1-5-6-7-10-22(4)17(20-3)21-12-13(2)14-8-9-15(18)16(19)11-14/h5,8-9,11,13H,1,6-7,10,12H2,2-4H3,(H,20,21). The van der Waals surface area contributed by atoms with Gasteiger partial charge in [-0.3, -0.25) is 4.99 Å². The second-order valence-corrected chi connectivity index (χ2v) is 5.36. The Balaban J connectivity index is 2.54. The number of rotatable bonds is 7. The molecular weight excluding hydrogens is 284 g/mol. The summed E-state index contributed by atoms with van der Waals surface area (Å²) < 4.78 is 26.2. The predicted octanol–water partition coefficient (Wildman–Crippen LogP) is 3.54. The van der Waals surface area contributed by atoms with E-state index in [2.05, 4.69) is 16.9 Å². The Morgan fingerprint density at radius 3 is 2.73 bits per heavy atom. The number of guanidine groups is 1. The number of unbranched alkanes of at least 4 members (excludes halogenated alkanes) is 1. The van der Waals surface area contributed by atoms with Crippen molar-refractivity contribution in [2.45, 2.75) is 25.7 Å². The van der Waals surface area contributed by atoms with E-state index >= 15 is 0 Å². The molecule has 0 spiro atoms. The topological polar surface area (TPSA) is 27.6 Å². The van der Waals surface area contributed by atoms with Gasteiger partial charge in [0.1, 0.15) is 0 Å². The van der Waals surface area contributed by atoms with Crippen LogP contribution in [0.1, 0.15) is 31.2 Å². The van der Waals surface area contributed by atoms with E-state index in [0.717, 1.165) is 37.0 Å². The zero-order valence-electron chi connectivity index (χ0n) is 13.6. The van der Waals surface area contributed by atoms with Crippen molar-refractivity contribution in [1.29, 1.82) is 0 Å². The van der Waals surface area contributed by atoms with Gasteiger partial charge in [0.05, 0.1) is 0 Å². The fraction of sp³-hybridized carbons (Fsp3) is 0.471. The molecule has 3 nitrogen and oxygen atoms in total. The fourth-order valence-electron chi connectivity index (χ4n) is 2.14. The minimum atomic E-state index is -0.818. The van der Waals surface area contributed by atoms with Crippen molar-refractivity contribution in [2.24, 2.45) is 4.99 Å². The Morgan fingerprint density at radius 2 is 2.14 bits per heavy atom. The van der Waals surface area contributed by atoms with Crippen LogP contribution in [0, 0.1) is 11.6 Å². The Bertz CT molecular complexity index is 515. The van der Waals surface area contributed by atoms with Gasteiger partial charge in [0, 0.05) is 27.2 Å². The summed E-state index contributed by atoms with van der Waals surface area (Å²) in [6.07, 6.45) is 3.88. The fourth-order valence-corrected chi connectivity index (χ4v) is 2.14. The summed E-state index contributed by atoms with van der Waals surface area (Å²) in [5.74, 6) is -0.788. The number of hydrogen-bond donors (Lipinski definition) is 1. The van der Waals surface area contributed by atoms with Gasteiger partial charge in [-0.1, -0.05) is 19.1 Å². The van der Waals surface area contributed by atoms with Gasteiger partial charge in [0.25, 0.3) is 0 Å². The van der Waals surface area contributed by atoms with Crippen LogP contribution in [0.2, 0.25) is 0 Å². The monoisotopic (exact) mass is 309 g/mol. The number of allylic oxidation sites excluding steroid dienone is 1. The number of nitrogens with one attached hydrogen (secondary N) is 1. The maximum atomic E-state index is 13.3. The lowest BCUT2D eigenvalue weighted by atomic mass is 10.0. The Labute approximate surface area is 131 Å². The van der Waals surface area contributed by atoms with E-state index in [-0.39, 0.29) is 5.92 Å². The molecule has 0 amide bonds. The molecule has 1 atom stereocenters. The summed E-state index contributed by atoms with van der Waals surface area (Å²) in [6, 6.07) is 4.02. The molecular formula is C17H25F2N3. The van der Waals surface area contributed by atoms with Gasteiger partial charge < -0.3 is 10.2 Å². The molecule has 0 aliphatic carbocycles. The third-order valence-electron chi connectivity index (χ3n) is 3.55. The van der Waals surface area contributed by atoms with E-state index in [1.54, 1.807) is 13.1 Å². The second kappa shape index (κ2) is 9.18. The molecule has 1 unspecified atom stereocenters. The van der Waals surface area contributed by atoms with Gasteiger partial charge in [0.15, 0.2) is 17.6 Å². The smallest absolute Gasteiger partial charge is 0.193 e. The summed E-state index contributed by atoms with van der Waals surface area (Å²) in [6.45, 7) is 7.15. The number of aliphatic imine (C=N–C) groups is 1. The lowest BCUT2D eigenvalue weighted by Crippen LogP contribution is -2.40. The predicted molar refractivity (Wildman–Crippen MR) is 88.2 cm³/mol. The second-order valence-electron chi connectivity index (χ2n) is 5.36. The molecule has 22 heavy (non-hydrogen) atoms. The molecule has 1 aromatic rings. The van der Waals surface area contributed by atoms with Crippen LogP contribution in [-0.2, 0) is 0 Å². The Kier molecular flexibility index (Phi) is 7.57. The van der Waals surface area contributed by atoms with Crippen LogP contribution in [0.15, 0.2) is 35.8 Å². The largest absolute Gasteiger partial charge is 0.356 e. The maximum absolute atomic E-state index is 13.3. The molecule has 0 saturated carbocycles. The SMILES string of the molecule is C=CCCCN(C)C(=NC)NCC(C)c1ccc(F)c(F)c1. The first-order valence-electron chi connectivity index (χ1n) is 7.47. The van der Waals surface area contributed by atoms with Crippen LogP contribution < -0.4 is 5.32 Å². The summed E-state index contributed by atoms with van der Waals surface area (Å²) in [4.78, 5) is 6.28. The molecule has 0 aromatic heterocycles. The summed E-state index contributed by atoms with van der Waals surface area (Å²) >= 11 is 0. The van der Waals surface area contributed by atoms with Crippen LogP contribution in [0.25, 0.3) is 0 Å². The van der Waals surface area contributed by atoms with Gasteiger partial charge in [-0.05, 0) is 36.5 Å². The third-order valence-corrected chi connectivity index (χ3v) is 3.55. The van der Waals surface area contributed by atoms with Gasteiger partial charge in [0.2, 0.25) is 0 Å². The number of benzene rings is 1. The van der Waals surface area contributed by atoms with Gasteiger partial charge in [-0.2, -0.15) is 0 Å². The lowest BCUT2D eigenvalue weighted by Gasteiger charge is -2.23. The van der Waals surface area contributed by atoms with Crippen LogP contribution in [0.3, 0.4) is 0 Å². The van der Waals surface area contributed by atoms with E-state index < -0.39 is 11.6 Å². The molecule has 1 N–H and O–H groups in total. The van der Waals surface area contributed by atoms with E-state index in [0.29, 0.717) is 6.54 Å². The lowest BCUT2D eigenvalue weighted by molar-refractivity contribution is 0.466. The average molecular weight is 309 g/mol. The molecule has 122 valence electrons. The van der Waals surface area contributed by atoms with Crippen LogP contribution >= 0.6 is 0 Å². The molecule has 0 fully saturated rings. The van der Waals surface area contributed by atoms with Crippen LogP contribution in [0.4, 0.5) is 8.78 Å². The maximum Gasteiger partial charge on any atom is 0.193 e. The summed E-state index contributed by atoms with van der Waals surface area (Å²) in [5, 5.41) is 3.26. The van der Waals surface area contributed by atoms with Crippen LogP contribution in [-0.4, -0.2) is 38.0 Å². The van der Waals surface area contributed by atoms with E-state index in [4.69, 9.17) is 0 Å². The first-order valence-corrected chi connectivity index (χ1v) is 7.47. The molecule has 0 aliphatic heterocycles. The van der Waals surface area contributed by atoms with Crippen molar-refractivity contribution in [2.75, 3.05) is 27.2 Å². The Hall–Kier alpha value is -1.91. The highest BCUT2D eigenvalue weighted by molar-refractivity contribution is 5.79. The number of halogens is 2. The average Bonchev–Trinajstić information content (AvgIpc) is 2.50. The highest BCUT2D eigenvalue weighted by atomic mass is 19.2. The molecule has 0 aliphatic rings. The molecule has 0 saturated heterocycles. The Morgan fingerprint density at radius 1 is 1.41 bits per heavy atom. The first kappa shape index (κ1) is 18.1. The van der Waals surface area contributed by atoms with E-state index in [1.165, 1.54) is 6.07 Å². The van der Waals surface area contributed by atoms with Gasteiger partial charge in [-0.15, -0.1) is 6.58 Å². The van der Waals surface area contributed by atoms with Crippen LogP contribution in [0.5, 0.6) is 0 Å². The molecule has 5 heteroatoms. The van der Waals surface area contributed by atoms with Crippen molar-refractivity contribution in [3.63, 3.8) is 0 Å². The van der Waals surface area contributed by atoms with Crippen molar-refractivity contribution in [3.05, 3.63) is 48.1 Å². The summed E-state index contributed by atoms with van der Waals surface area (Å²) in [5.41, 5.74) is 0.760. The number of hydrogen-bond acceptors (Lipinski definition) is 1. The van der Waals surface area contributed by atoms with Gasteiger partial charge in [-0.25, -0.2) is 8.78 Å². The van der Waals surface area contributed by atoms with Crippen molar-refractivity contribution >= 4 is 5.96 Å². The molecule has 0 heterocycles. The first-order chi connectivity index (χ1) is 10.5. The molecule has 0 bridgehead atoms. The van der Waals surface area contributed by atoms with E-state index in [1.807, 2.05) is 24.9 Å². The highest BCUT2D eigenvalue weighted by Crippen LogP contribution is 2.17. The highest BCUT2D eigenvalue weighted by Gasteiger charge is 2.11. The van der Waals surface area contributed by atoms with E-state index in [9.17, 15) is 8.78 Å². The minimum Gasteiger partial charge on any atom is -0.356 e. The van der Waals surface area contributed by atoms with Crippen molar-refractivity contribution in [1.82, 2.24) is 10.2 Å². The van der Waals surface area contributed by atoms with Crippen molar-refractivity contribution < 1.29 is 8.78 Å². The molecule has 1 aromatic carbocycles. The summed E-state index contributed by atoms with van der Waals surface area (Å²) in [7, 11) is 3.70. The zero-order chi connectivity index (χ0) is 16.5. The molecule has 1 rings (SSSR count). The normalized spacial score (nSPS) is 12.9. The van der Waals surface area contributed by atoms with Gasteiger partial charge >= 0.3 is 0 Å². The molecule has 0 radical (unpaired) electrons. The van der Waals surface area contributed by atoms with Crippen molar-refractivity contribution in [3.8, 4) is 0 Å².